The smallest absolute Gasteiger partial charge is 0.00213 e. The fourth-order valence-electron chi connectivity index (χ4n) is 2.64. The summed E-state index contributed by atoms with van der Waals surface area (Å²) in [5.41, 5.74) is 0. The van der Waals surface area contributed by atoms with Gasteiger partial charge in [-0.05, 0) is 50.7 Å². The van der Waals surface area contributed by atoms with Crippen LogP contribution in [0.4, 0.5) is 0 Å². The summed E-state index contributed by atoms with van der Waals surface area (Å²) < 4.78 is 0. The molecule has 0 aromatic carbocycles. The van der Waals surface area contributed by atoms with Gasteiger partial charge in [-0.1, -0.05) is 134 Å². The number of hydrogen-bond donors (Lipinski definition) is 0. The van der Waals surface area contributed by atoms with Gasteiger partial charge < -0.3 is 4.90 Å². The second-order valence-electron chi connectivity index (χ2n) is 10.7. The molecule has 1 saturated heterocycles. The van der Waals surface area contributed by atoms with Crippen molar-refractivity contribution in [3.8, 4) is 0 Å². The van der Waals surface area contributed by atoms with E-state index in [1.54, 1.807) is 0 Å². The average Bonchev–Trinajstić information content (AvgIpc) is 3.33. The number of rotatable bonds is 0. The molecule has 29 heavy (non-hydrogen) atoms. The molecule has 0 aromatic heterocycles. The van der Waals surface area contributed by atoms with Gasteiger partial charge in [-0.3, -0.25) is 0 Å². The lowest BCUT2D eigenvalue weighted by molar-refractivity contribution is 0.418. The Labute approximate surface area is 189 Å². The normalized spacial score (nSPS) is 17.3. The van der Waals surface area contributed by atoms with E-state index in [2.05, 4.69) is 74.3 Å². The minimum Gasteiger partial charge on any atom is -0.306 e. The van der Waals surface area contributed by atoms with E-state index in [0.29, 0.717) is 0 Å². The van der Waals surface area contributed by atoms with Crippen molar-refractivity contribution < 1.29 is 0 Å². The van der Waals surface area contributed by atoms with Crippen LogP contribution in [0.15, 0.2) is 0 Å². The summed E-state index contributed by atoms with van der Waals surface area (Å²) in [6.07, 6.45) is 17.8. The molecule has 0 atom stereocenters. The highest BCUT2D eigenvalue weighted by molar-refractivity contribution is 4.59. The minimum absolute atomic E-state index is 0. The van der Waals surface area contributed by atoms with Crippen LogP contribution >= 0.6 is 0 Å². The molecule has 0 radical (unpaired) electrons. The standard InChI is InChI=1S/C5H11N.2C5H10.3C4H10.CH4/c1-6-4-2-3-5-6;2*1-2-4-5-3-1;3*1-4(2)3;/h2-5H2,1H3;2*1-5H2;3*4H,1-3H3;1H4. The molecule has 3 rings (SSSR count). The first-order chi connectivity index (χ1) is 13.1. The predicted octanol–water partition coefficient (Wildman–Crippen LogP) is 10.2. The first kappa shape index (κ1) is 36.3. The van der Waals surface area contributed by atoms with Gasteiger partial charge in [0.25, 0.3) is 0 Å². The van der Waals surface area contributed by atoms with Gasteiger partial charge in [-0.15, -0.1) is 0 Å². The molecule has 2 saturated carbocycles. The minimum atomic E-state index is 0. The van der Waals surface area contributed by atoms with Crippen LogP contribution in [0, 0.1) is 17.8 Å². The van der Waals surface area contributed by atoms with Crippen LogP contribution < -0.4 is 0 Å². The van der Waals surface area contributed by atoms with Gasteiger partial charge in [-0.25, -0.2) is 0 Å². The van der Waals surface area contributed by atoms with Gasteiger partial charge in [0.2, 0.25) is 0 Å². The molecular weight excluding hydrogens is 350 g/mol. The van der Waals surface area contributed by atoms with Crippen LogP contribution in [0.5, 0.6) is 0 Å². The fraction of sp³-hybridized carbons (Fsp3) is 1.00. The highest BCUT2D eigenvalue weighted by Gasteiger charge is 2.03. The predicted molar refractivity (Wildman–Crippen MR) is 141 cm³/mol. The van der Waals surface area contributed by atoms with Crippen LogP contribution in [0.2, 0.25) is 0 Å². The number of likely N-dealkylation sites (tertiary alicyclic amines) is 1. The van der Waals surface area contributed by atoms with E-state index in [9.17, 15) is 0 Å². The molecule has 2 aliphatic carbocycles. The lowest BCUT2D eigenvalue weighted by Gasteiger charge is -2.01. The van der Waals surface area contributed by atoms with Crippen LogP contribution in [0.25, 0.3) is 0 Å². The maximum Gasteiger partial charge on any atom is -0.00213 e. The zero-order chi connectivity index (χ0) is 22.2. The summed E-state index contributed by atoms with van der Waals surface area (Å²) in [6, 6.07) is 0. The van der Waals surface area contributed by atoms with Crippen LogP contribution in [-0.4, -0.2) is 25.0 Å². The molecule has 3 fully saturated rings. The van der Waals surface area contributed by atoms with Crippen LogP contribution in [-0.2, 0) is 0 Å². The Morgan fingerprint density at radius 2 is 0.517 bits per heavy atom. The molecule has 1 nitrogen and oxygen atoms in total. The van der Waals surface area contributed by atoms with E-state index in [1.807, 2.05) is 0 Å². The number of hydrogen-bond acceptors (Lipinski definition) is 1. The average molecular weight is 416 g/mol. The van der Waals surface area contributed by atoms with E-state index in [1.165, 1.54) is 90.1 Å². The van der Waals surface area contributed by atoms with Crippen molar-refractivity contribution in [2.75, 3.05) is 20.1 Å². The van der Waals surface area contributed by atoms with Gasteiger partial charge in [0.1, 0.15) is 0 Å². The molecule has 1 aliphatic heterocycles. The fourth-order valence-corrected chi connectivity index (χ4v) is 2.64. The Hall–Kier alpha value is -0.0400. The van der Waals surface area contributed by atoms with Crippen molar-refractivity contribution in [3.63, 3.8) is 0 Å². The largest absolute Gasteiger partial charge is 0.306 e. The zero-order valence-corrected chi connectivity index (χ0v) is 22.1. The summed E-state index contributed by atoms with van der Waals surface area (Å²) in [5, 5.41) is 0. The molecule has 0 unspecified atom stereocenters. The maximum atomic E-state index is 2.36. The maximum absolute atomic E-state index is 2.36. The Kier molecular flexibility index (Phi) is 37.8. The highest BCUT2D eigenvalue weighted by Crippen LogP contribution is 2.15. The Bertz CT molecular complexity index is 183. The van der Waals surface area contributed by atoms with Gasteiger partial charge in [0.15, 0.2) is 0 Å². The van der Waals surface area contributed by atoms with E-state index in [-0.39, 0.29) is 7.43 Å². The van der Waals surface area contributed by atoms with Gasteiger partial charge in [0.05, 0.1) is 0 Å². The van der Waals surface area contributed by atoms with Crippen LogP contribution in [0.3, 0.4) is 0 Å². The quantitative estimate of drug-likeness (QED) is 0.380. The topological polar surface area (TPSA) is 3.24 Å². The van der Waals surface area contributed by atoms with E-state index < -0.39 is 0 Å². The zero-order valence-electron chi connectivity index (χ0n) is 22.1. The third kappa shape index (κ3) is 65.5. The molecule has 3 aliphatic rings. The Morgan fingerprint density at radius 1 is 0.379 bits per heavy atom. The lowest BCUT2D eigenvalue weighted by Crippen LogP contribution is -2.10. The second-order valence-corrected chi connectivity index (χ2v) is 10.7. The molecule has 0 spiro atoms. The van der Waals surface area contributed by atoms with Crippen molar-refractivity contribution >= 4 is 0 Å². The third-order valence-electron chi connectivity index (χ3n) is 3.83. The lowest BCUT2D eigenvalue weighted by atomic mass is 10.3. The van der Waals surface area contributed by atoms with Crippen molar-refractivity contribution in [2.24, 2.45) is 17.8 Å². The van der Waals surface area contributed by atoms with Crippen molar-refractivity contribution in [1.29, 1.82) is 0 Å². The molecule has 0 bridgehead atoms. The van der Waals surface area contributed by atoms with E-state index >= 15 is 0 Å². The Morgan fingerprint density at radius 3 is 0.586 bits per heavy atom. The Balaban J connectivity index is -0.000000130. The molecular formula is C28H65N. The highest BCUT2D eigenvalue weighted by atomic mass is 15.1. The molecule has 0 amide bonds. The van der Waals surface area contributed by atoms with Gasteiger partial charge >= 0.3 is 0 Å². The molecule has 0 N–H and O–H groups in total. The summed E-state index contributed by atoms with van der Waals surface area (Å²) in [7, 11) is 2.17. The van der Waals surface area contributed by atoms with Gasteiger partial charge in [-0.2, -0.15) is 0 Å². The summed E-state index contributed by atoms with van der Waals surface area (Å²) in [4.78, 5) is 2.36. The van der Waals surface area contributed by atoms with Gasteiger partial charge in [0, 0.05) is 0 Å². The van der Waals surface area contributed by atoms with Crippen molar-refractivity contribution in [3.05, 3.63) is 0 Å². The molecule has 1 heteroatoms. The summed E-state index contributed by atoms with van der Waals surface area (Å²) in [6.45, 7) is 22.1. The summed E-state index contributed by atoms with van der Waals surface area (Å²) in [5.74, 6) is 2.50. The summed E-state index contributed by atoms with van der Waals surface area (Å²) >= 11 is 0. The molecule has 182 valence electrons. The monoisotopic (exact) mass is 416 g/mol. The van der Waals surface area contributed by atoms with Crippen LogP contribution in [0.1, 0.15) is 147 Å². The van der Waals surface area contributed by atoms with E-state index in [0.717, 1.165) is 17.8 Å². The van der Waals surface area contributed by atoms with Crippen molar-refractivity contribution in [1.82, 2.24) is 4.90 Å². The molecule has 0 aromatic rings. The van der Waals surface area contributed by atoms with Crippen molar-refractivity contribution in [2.45, 2.75) is 147 Å². The SMILES string of the molecule is C.C1CCCC1.C1CCCC1.CC(C)C.CC(C)C.CC(C)C.CN1CCCC1. The number of nitrogens with zero attached hydrogens (tertiary/aromatic N) is 1. The first-order valence-electron chi connectivity index (χ1n) is 12.8. The second kappa shape index (κ2) is 30.2. The third-order valence-corrected chi connectivity index (χ3v) is 3.83. The van der Waals surface area contributed by atoms with E-state index in [4.69, 9.17) is 0 Å². The molecule has 1 heterocycles. The first-order valence-corrected chi connectivity index (χ1v) is 12.8.